The maximum absolute atomic E-state index is 11.3. The molecule has 0 radical (unpaired) electrons. The highest BCUT2D eigenvalue weighted by Crippen LogP contribution is 2.29. The van der Waals surface area contributed by atoms with E-state index in [0.29, 0.717) is 5.56 Å². The molecule has 0 saturated heterocycles. The van der Waals surface area contributed by atoms with E-state index in [9.17, 15) is 4.79 Å². The van der Waals surface area contributed by atoms with E-state index in [1.807, 2.05) is 6.07 Å². The monoisotopic (exact) mass is 224 g/mol. The van der Waals surface area contributed by atoms with E-state index in [1.165, 1.54) is 12.0 Å². The first-order valence-electron chi connectivity index (χ1n) is 5.12. The fourth-order valence-electron chi connectivity index (χ4n) is 2.13. The molecule has 2 nitrogen and oxygen atoms in total. The molecule has 1 aromatic rings. The third-order valence-electron chi connectivity index (χ3n) is 2.89. The fourth-order valence-corrected chi connectivity index (χ4v) is 2.30. The molecular weight excluding hydrogens is 212 g/mol. The number of carbonyl (C=O) groups is 1. The molecule has 0 bridgehead atoms. The van der Waals surface area contributed by atoms with Gasteiger partial charge in [-0.25, -0.2) is 0 Å². The van der Waals surface area contributed by atoms with Gasteiger partial charge in [0.1, 0.15) is 5.75 Å². The van der Waals surface area contributed by atoms with Crippen molar-refractivity contribution in [2.24, 2.45) is 0 Å². The van der Waals surface area contributed by atoms with Crippen molar-refractivity contribution in [3.8, 4) is 5.75 Å². The van der Waals surface area contributed by atoms with E-state index in [0.717, 1.165) is 30.6 Å². The Balaban J connectivity index is 2.55. The topological polar surface area (TPSA) is 26.3 Å². The van der Waals surface area contributed by atoms with Crippen molar-refractivity contribution in [2.75, 3.05) is 7.11 Å². The summed E-state index contributed by atoms with van der Waals surface area (Å²) < 4.78 is 5.16. The molecule has 0 atom stereocenters. The zero-order chi connectivity index (χ0) is 10.8. The van der Waals surface area contributed by atoms with Gasteiger partial charge in [-0.2, -0.15) is 0 Å². The summed E-state index contributed by atoms with van der Waals surface area (Å²) in [6.07, 6.45) is 4.28. The van der Waals surface area contributed by atoms with E-state index in [1.54, 1.807) is 13.2 Å². The summed E-state index contributed by atoms with van der Waals surface area (Å²) in [6.45, 7) is 0. The van der Waals surface area contributed by atoms with Gasteiger partial charge < -0.3 is 4.74 Å². The zero-order valence-electron chi connectivity index (χ0n) is 8.68. The van der Waals surface area contributed by atoms with Gasteiger partial charge in [0, 0.05) is 5.56 Å². The Bertz CT molecular complexity index is 399. The van der Waals surface area contributed by atoms with Crippen molar-refractivity contribution >= 4 is 16.8 Å². The molecule has 0 spiro atoms. The standard InChI is InChI=1S/C12H13ClO2/c1-15-9-6-8-4-2-3-5-10(8)11(7-9)12(13)14/h6-7H,2-5H2,1H3. The summed E-state index contributed by atoms with van der Waals surface area (Å²) in [5.74, 6) is 0.722. The molecule has 0 aliphatic heterocycles. The van der Waals surface area contributed by atoms with Gasteiger partial charge in [-0.15, -0.1) is 0 Å². The molecule has 1 aliphatic rings. The smallest absolute Gasteiger partial charge is 0.252 e. The van der Waals surface area contributed by atoms with Crippen LogP contribution in [0.25, 0.3) is 0 Å². The lowest BCUT2D eigenvalue weighted by molar-refractivity contribution is 0.108. The van der Waals surface area contributed by atoms with Crippen molar-refractivity contribution in [1.29, 1.82) is 0 Å². The fraction of sp³-hybridized carbons (Fsp3) is 0.417. The number of halogens is 1. The first-order chi connectivity index (χ1) is 7.22. The predicted octanol–water partition coefficient (Wildman–Crippen LogP) is 2.95. The number of fused-ring (bicyclic) bond motifs is 1. The van der Waals surface area contributed by atoms with Crippen molar-refractivity contribution < 1.29 is 9.53 Å². The highest BCUT2D eigenvalue weighted by Gasteiger charge is 2.18. The normalized spacial score (nSPS) is 14.5. The quantitative estimate of drug-likeness (QED) is 0.722. The third-order valence-corrected chi connectivity index (χ3v) is 3.09. The Morgan fingerprint density at radius 3 is 2.73 bits per heavy atom. The van der Waals surface area contributed by atoms with Crippen LogP contribution in [0.2, 0.25) is 0 Å². The maximum Gasteiger partial charge on any atom is 0.252 e. The minimum Gasteiger partial charge on any atom is -0.497 e. The van der Waals surface area contributed by atoms with Crippen LogP contribution in [0, 0.1) is 0 Å². The van der Waals surface area contributed by atoms with Gasteiger partial charge in [-0.1, -0.05) is 0 Å². The number of methoxy groups -OCH3 is 1. The number of benzene rings is 1. The first kappa shape index (κ1) is 10.5. The number of ether oxygens (including phenoxy) is 1. The summed E-state index contributed by atoms with van der Waals surface area (Å²) in [5.41, 5.74) is 2.94. The molecule has 15 heavy (non-hydrogen) atoms. The van der Waals surface area contributed by atoms with Gasteiger partial charge in [-0.05, 0) is 60.5 Å². The molecule has 0 N–H and O–H groups in total. The van der Waals surface area contributed by atoms with Crippen LogP contribution in [0.5, 0.6) is 5.75 Å². The number of aryl methyl sites for hydroxylation is 1. The average molecular weight is 225 g/mol. The van der Waals surface area contributed by atoms with Gasteiger partial charge in [0.2, 0.25) is 0 Å². The Kier molecular flexibility index (Phi) is 2.96. The summed E-state index contributed by atoms with van der Waals surface area (Å²) in [5, 5.41) is -0.382. The Hall–Kier alpha value is -1.02. The van der Waals surface area contributed by atoms with Crippen LogP contribution in [0.4, 0.5) is 0 Å². The van der Waals surface area contributed by atoms with Crippen LogP contribution in [-0.2, 0) is 12.8 Å². The molecule has 1 aromatic carbocycles. The summed E-state index contributed by atoms with van der Waals surface area (Å²) >= 11 is 5.57. The van der Waals surface area contributed by atoms with Crippen molar-refractivity contribution in [3.05, 3.63) is 28.8 Å². The zero-order valence-corrected chi connectivity index (χ0v) is 9.43. The third kappa shape index (κ3) is 2.00. The predicted molar refractivity (Wildman–Crippen MR) is 59.8 cm³/mol. The number of hydrogen-bond donors (Lipinski definition) is 0. The van der Waals surface area contributed by atoms with Crippen LogP contribution in [0.3, 0.4) is 0 Å². The second kappa shape index (κ2) is 4.23. The molecule has 0 heterocycles. The van der Waals surface area contributed by atoms with Gasteiger partial charge in [0.25, 0.3) is 5.24 Å². The molecule has 0 amide bonds. The highest BCUT2D eigenvalue weighted by molar-refractivity contribution is 6.68. The Labute approximate surface area is 94.2 Å². The second-order valence-electron chi connectivity index (χ2n) is 3.79. The van der Waals surface area contributed by atoms with Gasteiger partial charge in [0.15, 0.2) is 0 Å². The molecular formula is C12H13ClO2. The van der Waals surface area contributed by atoms with Crippen LogP contribution in [0.1, 0.15) is 34.3 Å². The molecule has 3 heteroatoms. The first-order valence-corrected chi connectivity index (χ1v) is 5.50. The van der Waals surface area contributed by atoms with E-state index in [2.05, 4.69) is 0 Å². The highest BCUT2D eigenvalue weighted by atomic mass is 35.5. The van der Waals surface area contributed by atoms with E-state index < -0.39 is 0 Å². The Morgan fingerprint density at radius 1 is 1.33 bits per heavy atom. The van der Waals surface area contributed by atoms with Crippen molar-refractivity contribution in [1.82, 2.24) is 0 Å². The minimum absolute atomic E-state index is 0.382. The van der Waals surface area contributed by atoms with Gasteiger partial charge in [0.05, 0.1) is 7.11 Å². The van der Waals surface area contributed by atoms with Gasteiger partial charge >= 0.3 is 0 Å². The van der Waals surface area contributed by atoms with Gasteiger partial charge in [-0.3, -0.25) is 4.79 Å². The van der Waals surface area contributed by atoms with Crippen molar-refractivity contribution in [2.45, 2.75) is 25.7 Å². The lowest BCUT2D eigenvalue weighted by atomic mass is 9.88. The van der Waals surface area contributed by atoms with Crippen LogP contribution < -0.4 is 4.74 Å². The maximum atomic E-state index is 11.3. The lowest BCUT2D eigenvalue weighted by Crippen LogP contribution is -2.08. The average Bonchev–Trinajstić information content (AvgIpc) is 2.27. The van der Waals surface area contributed by atoms with Crippen molar-refractivity contribution in [3.63, 3.8) is 0 Å². The summed E-state index contributed by atoms with van der Waals surface area (Å²) in [4.78, 5) is 11.3. The molecule has 80 valence electrons. The molecule has 0 saturated carbocycles. The molecule has 0 unspecified atom stereocenters. The summed E-state index contributed by atoms with van der Waals surface area (Å²) in [6, 6.07) is 3.75. The lowest BCUT2D eigenvalue weighted by Gasteiger charge is -2.19. The number of hydrogen-bond acceptors (Lipinski definition) is 2. The minimum atomic E-state index is -0.382. The second-order valence-corrected chi connectivity index (χ2v) is 4.14. The molecule has 1 aliphatic carbocycles. The summed E-state index contributed by atoms with van der Waals surface area (Å²) in [7, 11) is 1.60. The SMILES string of the molecule is COc1cc2c(c(C(=O)Cl)c1)CCCC2. The van der Waals surface area contributed by atoms with Crippen LogP contribution in [-0.4, -0.2) is 12.4 Å². The largest absolute Gasteiger partial charge is 0.497 e. The van der Waals surface area contributed by atoms with E-state index in [4.69, 9.17) is 16.3 Å². The van der Waals surface area contributed by atoms with Crippen LogP contribution >= 0.6 is 11.6 Å². The van der Waals surface area contributed by atoms with E-state index >= 15 is 0 Å². The number of rotatable bonds is 2. The van der Waals surface area contributed by atoms with E-state index in [-0.39, 0.29) is 5.24 Å². The molecule has 0 aromatic heterocycles. The number of carbonyl (C=O) groups excluding carboxylic acids is 1. The molecule has 2 rings (SSSR count). The van der Waals surface area contributed by atoms with Crippen LogP contribution in [0.15, 0.2) is 12.1 Å². The molecule has 0 fully saturated rings. The Morgan fingerprint density at radius 2 is 2.07 bits per heavy atom.